The second-order valence-electron chi connectivity index (χ2n) is 1.20. The maximum Gasteiger partial charge on any atom is 1.00 e. The molecule has 0 N–H and O–H groups in total. The summed E-state index contributed by atoms with van der Waals surface area (Å²) in [5, 5.41) is 0. The van der Waals surface area contributed by atoms with E-state index in [0.717, 1.165) is 5.57 Å². The van der Waals surface area contributed by atoms with E-state index in [2.05, 4.69) is 0 Å². The molecule has 0 aromatic heterocycles. The Hall–Kier alpha value is 0.0774. The molecule has 0 unspecified atom stereocenters. The fourth-order valence-electron chi connectivity index (χ4n) is 0.0962. The van der Waals surface area contributed by atoms with Gasteiger partial charge in [0.2, 0.25) is 0 Å². The van der Waals surface area contributed by atoms with Gasteiger partial charge in [-0.15, -0.1) is 6.92 Å². The van der Waals surface area contributed by atoms with Gasteiger partial charge in [0.15, 0.2) is 0 Å². The number of allylic oxidation sites excluding steroid dienone is 3. The normalized spacial score (nSPS) is 9.71. The van der Waals surface area contributed by atoms with Crippen molar-refractivity contribution in [2.45, 2.75) is 13.8 Å². The molecule has 34 valence electrons. The zero-order valence-corrected chi connectivity index (χ0v) is 5.23. The summed E-state index contributed by atoms with van der Waals surface area (Å²) >= 11 is 0. The summed E-state index contributed by atoms with van der Waals surface area (Å²) in [4.78, 5) is 0. The smallest absolute Gasteiger partial charge is 0.293 e. The fraction of sp³-hybridized carbons (Fsp3) is 0.333. The minimum atomic E-state index is 0. The Kier molecular flexibility index (Phi) is 8.80. The van der Waals surface area contributed by atoms with Crippen molar-refractivity contribution in [3.63, 3.8) is 0 Å². The fourth-order valence-corrected chi connectivity index (χ4v) is 0.0962. The second-order valence-corrected chi connectivity index (χ2v) is 1.20. The summed E-state index contributed by atoms with van der Waals surface area (Å²) in [5.41, 5.74) is 1.12. The molecule has 0 bridgehead atoms. The Bertz CT molecular complexity index is 72.2. The van der Waals surface area contributed by atoms with Crippen LogP contribution in [0.5, 0.6) is 0 Å². The number of hydrogen-bond donors (Lipinski definition) is 0. The van der Waals surface area contributed by atoms with E-state index >= 15 is 0 Å². The zero-order chi connectivity index (χ0) is 4.99. The maximum atomic E-state index is 5.09. The van der Waals surface area contributed by atoms with Crippen LogP contribution in [0, 0.1) is 6.58 Å². The Labute approximate surface area is 57.5 Å². The average molecular weight is 88.1 g/mol. The first kappa shape index (κ1) is 10.1. The predicted molar refractivity (Wildman–Crippen MR) is 28.3 cm³/mol. The van der Waals surface area contributed by atoms with Gasteiger partial charge in [-0.2, -0.15) is 6.08 Å². The van der Waals surface area contributed by atoms with Gasteiger partial charge in [-0.05, 0) is 0 Å². The van der Waals surface area contributed by atoms with E-state index in [1.165, 1.54) is 0 Å². The van der Waals surface area contributed by atoms with Gasteiger partial charge in [0.05, 0.1) is 0 Å². The maximum absolute atomic E-state index is 5.09. The largest absolute Gasteiger partial charge is 1.00 e. The van der Waals surface area contributed by atoms with Crippen molar-refractivity contribution in [1.82, 2.24) is 0 Å². The average Bonchev–Trinajstić information content (AvgIpc) is 1.65. The molecule has 0 aromatic rings. The van der Waals surface area contributed by atoms with Crippen LogP contribution in [0.2, 0.25) is 0 Å². The molecule has 0 amide bonds. The summed E-state index contributed by atoms with van der Waals surface area (Å²) in [6.45, 7) is 9.00. The van der Waals surface area contributed by atoms with Crippen LogP contribution < -0.4 is 18.9 Å². The van der Waals surface area contributed by atoms with Crippen LogP contribution in [-0.4, -0.2) is 0 Å². The standard InChI is InChI=1S/C6H9.Li/c1-4-6(3)5-2;/h1,4-5H,2-3H3;/q-1;+1/b6-5+;. The minimum absolute atomic E-state index is 0. The predicted octanol–water partition coefficient (Wildman–Crippen LogP) is -1.05. The van der Waals surface area contributed by atoms with Crippen molar-refractivity contribution in [3.8, 4) is 0 Å². The third kappa shape index (κ3) is 6.08. The summed E-state index contributed by atoms with van der Waals surface area (Å²) in [7, 11) is 0. The molecule has 0 radical (unpaired) electrons. The van der Waals surface area contributed by atoms with Gasteiger partial charge in [0.25, 0.3) is 0 Å². The Morgan fingerprint density at radius 3 is 2.00 bits per heavy atom. The third-order valence-corrected chi connectivity index (χ3v) is 0.718. The van der Waals surface area contributed by atoms with Crippen LogP contribution in [0.3, 0.4) is 0 Å². The molecule has 7 heavy (non-hydrogen) atoms. The van der Waals surface area contributed by atoms with E-state index in [9.17, 15) is 0 Å². The molecule has 0 spiro atoms. The molecule has 0 nitrogen and oxygen atoms in total. The summed E-state index contributed by atoms with van der Waals surface area (Å²) in [5.74, 6) is 0. The topological polar surface area (TPSA) is 0 Å². The van der Waals surface area contributed by atoms with Gasteiger partial charge >= 0.3 is 18.9 Å². The van der Waals surface area contributed by atoms with E-state index in [1.807, 2.05) is 19.9 Å². The molecular formula is C6H9Li. The van der Waals surface area contributed by atoms with E-state index in [4.69, 9.17) is 6.58 Å². The van der Waals surface area contributed by atoms with Crippen molar-refractivity contribution in [3.05, 3.63) is 24.3 Å². The van der Waals surface area contributed by atoms with Crippen molar-refractivity contribution in [2.75, 3.05) is 0 Å². The Balaban J connectivity index is 0. The van der Waals surface area contributed by atoms with Gasteiger partial charge < -0.3 is 0 Å². The van der Waals surface area contributed by atoms with Crippen LogP contribution in [-0.2, 0) is 0 Å². The Morgan fingerprint density at radius 2 is 2.00 bits per heavy atom. The van der Waals surface area contributed by atoms with Crippen LogP contribution in [0.25, 0.3) is 0 Å². The molecule has 0 saturated heterocycles. The van der Waals surface area contributed by atoms with E-state index in [0.29, 0.717) is 0 Å². The summed E-state index contributed by atoms with van der Waals surface area (Å²) in [6, 6.07) is 0. The quantitative estimate of drug-likeness (QED) is 0.218. The van der Waals surface area contributed by atoms with Crippen molar-refractivity contribution < 1.29 is 18.9 Å². The van der Waals surface area contributed by atoms with Gasteiger partial charge in [-0.1, -0.05) is 6.92 Å². The van der Waals surface area contributed by atoms with Crippen molar-refractivity contribution in [1.29, 1.82) is 0 Å². The first-order chi connectivity index (χ1) is 2.81. The first-order valence-electron chi connectivity index (χ1n) is 1.99. The van der Waals surface area contributed by atoms with Gasteiger partial charge in [-0.25, -0.2) is 11.6 Å². The minimum Gasteiger partial charge on any atom is -0.293 e. The molecule has 0 aliphatic carbocycles. The van der Waals surface area contributed by atoms with Crippen LogP contribution in [0.15, 0.2) is 17.7 Å². The van der Waals surface area contributed by atoms with E-state index in [1.54, 1.807) is 6.08 Å². The van der Waals surface area contributed by atoms with Crippen molar-refractivity contribution in [2.24, 2.45) is 0 Å². The molecule has 0 rings (SSSR count). The molecule has 0 aliphatic rings. The summed E-state index contributed by atoms with van der Waals surface area (Å²) < 4.78 is 0. The molecule has 0 saturated carbocycles. The zero-order valence-electron chi connectivity index (χ0n) is 5.23. The SMILES string of the molecule is [CH-]=C/C(C)=C/C.[Li+]. The molecule has 0 fully saturated rings. The van der Waals surface area contributed by atoms with Crippen LogP contribution in [0.4, 0.5) is 0 Å². The van der Waals surface area contributed by atoms with Gasteiger partial charge in [0.1, 0.15) is 0 Å². The molecule has 1 heteroatoms. The van der Waals surface area contributed by atoms with Crippen molar-refractivity contribution >= 4 is 0 Å². The van der Waals surface area contributed by atoms with Crippen LogP contribution in [0.1, 0.15) is 13.8 Å². The van der Waals surface area contributed by atoms with Gasteiger partial charge in [0, 0.05) is 0 Å². The molecule has 0 aromatic carbocycles. The number of rotatable bonds is 1. The monoisotopic (exact) mass is 88.1 g/mol. The third-order valence-electron chi connectivity index (χ3n) is 0.718. The number of hydrogen-bond acceptors (Lipinski definition) is 0. The molecular weight excluding hydrogens is 79.0 g/mol. The molecule has 0 heterocycles. The van der Waals surface area contributed by atoms with E-state index < -0.39 is 0 Å². The van der Waals surface area contributed by atoms with Crippen LogP contribution >= 0.6 is 0 Å². The summed E-state index contributed by atoms with van der Waals surface area (Å²) in [6.07, 6.45) is 3.54. The Morgan fingerprint density at radius 1 is 1.57 bits per heavy atom. The van der Waals surface area contributed by atoms with Gasteiger partial charge in [-0.3, -0.25) is 6.58 Å². The second kappa shape index (κ2) is 6.08. The molecule has 0 atom stereocenters. The molecule has 0 aliphatic heterocycles. The first-order valence-corrected chi connectivity index (χ1v) is 1.99. The van der Waals surface area contributed by atoms with E-state index in [-0.39, 0.29) is 18.9 Å².